The van der Waals surface area contributed by atoms with E-state index in [9.17, 15) is 9.59 Å². The van der Waals surface area contributed by atoms with Crippen molar-refractivity contribution in [3.8, 4) is 0 Å². The fourth-order valence-electron chi connectivity index (χ4n) is 4.09. The van der Waals surface area contributed by atoms with Gasteiger partial charge in [0, 0.05) is 12.6 Å². The predicted molar refractivity (Wildman–Crippen MR) is 66.5 cm³/mol. The number of rotatable bonds is 1. The molecule has 18 heavy (non-hydrogen) atoms. The largest absolute Gasteiger partial charge is 0.368 e. The van der Waals surface area contributed by atoms with Crippen molar-refractivity contribution < 1.29 is 9.59 Å². The van der Waals surface area contributed by atoms with Crippen LogP contribution in [0.5, 0.6) is 0 Å². The van der Waals surface area contributed by atoms with Gasteiger partial charge in [-0.15, -0.1) is 0 Å². The maximum atomic E-state index is 12.3. The Labute approximate surface area is 107 Å². The molecule has 2 saturated heterocycles. The fourth-order valence-corrected chi connectivity index (χ4v) is 4.09. The Morgan fingerprint density at radius 3 is 2.78 bits per heavy atom. The van der Waals surface area contributed by atoms with Crippen LogP contribution in [0.3, 0.4) is 0 Å². The fraction of sp³-hybridized carbons (Fsp3) is 0.846. The van der Waals surface area contributed by atoms with Crippen LogP contribution in [0.4, 0.5) is 0 Å². The molecule has 0 aromatic carbocycles. The van der Waals surface area contributed by atoms with E-state index in [2.05, 4.69) is 10.6 Å². The van der Waals surface area contributed by atoms with E-state index in [4.69, 9.17) is 5.73 Å². The van der Waals surface area contributed by atoms with Gasteiger partial charge >= 0.3 is 0 Å². The molecule has 1 saturated carbocycles. The van der Waals surface area contributed by atoms with Gasteiger partial charge in [-0.2, -0.15) is 0 Å². The summed E-state index contributed by atoms with van der Waals surface area (Å²) in [7, 11) is 0. The smallest absolute Gasteiger partial charge is 0.234 e. The monoisotopic (exact) mass is 251 g/mol. The molecule has 4 unspecified atom stereocenters. The molecule has 4 N–H and O–H groups in total. The average Bonchev–Trinajstić information content (AvgIpc) is 2.79. The molecule has 1 spiro atoms. The molecule has 5 nitrogen and oxygen atoms in total. The van der Waals surface area contributed by atoms with Crippen LogP contribution < -0.4 is 16.4 Å². The number of amides is 2. The number of nitrogens with one attached hydrogen (secondary N) is 2. The van der Waals surface area contributed by atoms with Crippen molar-refractivity contribution in [1.82, 2.24) is 10.6 Å². The predicted octanol–water partition coefficient (Wildman–Crippen LogP) is -0.101. The number of fused-ring (bicyclic) bond motifs is 2. The molecule has 3 aliphatic rings. The van der Waals surface area contributed by atoms with Gasteiger partial charge in [0.1, 0.15) is 0 Å². The van der Waals surface area contributed by atoms with Gasteiger partial charge in [0.15, 0.2) is 0 Å². The highest BCUT2D eigenvalue weighted by Crippen LogP contribution is 2.47. The summed E-state index contributed by atoms with van der Waals surface area (Å²) in [5.41, 5.74) is 4.98. The molecular weight excluding hydrogens is 230 g/mol. The van der Waals surface area contributed by atoms with Crippen LogP contribution in [0, 0.1) is 11.3 Å². The first-order chi connectivity index (χ1) is 8.63. The van der Waals surface area contributed by atoms with Crippen LogP contribution in [-0.4, -0.2) is 30.4 Å². The van der Waals surface area contributed by atoms with Crippen molar-refractivity contribution in [2.75, 3.05) is 6.54 Å². The zero-order valence-corrected chi connectivity index (χ0v) is 10.6. The van der Waals surface area contributed by atoms with Gasteiger partial charge in [-0.1, -0.05) is 19.3 Å². The van der Waals surface area contributed by atoms with E-state index in [1.807, 2.05) is 0 Å². The summed E-state index contributed by atoms with van der Waals surface area (Å²) in [5, 5.41) is 6.29. The lowest BCUT2D eigenvalue weighted by atomic mass is 9.71. The number of hydrogen-bond acceptors (Lipinski definition) is 3. The standard InChI is InChI=1S/C13H21N3O2/c14-11(17)10-6-13(7-15-10)8-4-2-1-3-5-9(8)16-12(13)18/h8-10,15H,1-7H2,(H2,14,17)(H,16,18). The topological polar surface area (TPSA) is 84.2 Å². The van der Waals surface area contributed by atoms with Crippen molar-refractivity contribution in [2.45, 2.75) is 50.6 Å². The van der Waals surface area contributed by atoms with Gasteiger partial charge in [0.05, 0.1) is 11.5 Å². The second-order valence-electron chi connectivity index (χ2n) is 6.02. The molecule has 3 rings (SSSR count). The van der Waals surface area contributed by atoms with E-state index < -0.39 is 0 Å². The van der Waals surface area contributed by atoms with Crippen LogP contribution in [0.1, 0.15) is 38.5 Å². The zero-order chi connectivity index (χ0) is 12.8. The van der Waals surface area contributed by atoms with Crippen molar-refractivity contribution in [3.63, 3.8) is 0 Å². The normalized spacial score (nSPS) is 43.6. The minimum Gasteiger partial charge on any atom is -0.368 e. The summed E-state index contributed by atoms with van der Waals surface area (Å²) in [6, 6.07) is -0.0221. The van der Waals surface area contributed by atoms with E-state index in [1.54, 1.807) is 0 Å². The zero-order valence-electron chi connectivity index (χ0n) is 10.6. The van der Waals surface area contributed by atoms with Crippen LogP contribution in [0.2, 0.25) is 0 Å². The number of nitrogens with two attached hydrogens (primary N) is 1. The molecule has 4 atom stereocenters. The van der Waals surface area contributed by atoms with Crippen molar-refractivity contribution in [3.05, 3.63) is 0 Å². The van der Waals surface area contributed by atoms with Crippen LogP contribution in [-0.2, 0) is 9.59 Å². The van der Waals surface area contributed by atoms with E-state index in [0.717, 1.165) is 12.8 Å². The average molecular weight is 251 g/mol. The Hall–Kier alpha value is -1.10. The van der Waals surface area contributed by atoms with Crippen molar-refractivity contribution >= 4 is 11.8 Å². The van der Waals surface area contributed by atoms with Gasteiger partial charge in [-0.25, -0.2) is 0 Å². The first-order valence-electron chi connectivity index (χ1n) is 6.97. The molecule has 1 aliphatic carbocycles. The third-order valence-corrected chi connectivity index (χ3v) is 5.07. The first-order valence-corrected chi connectivity index (χ1v) is 6.97. The molecule has 3 fully saturated rings. The second kappa shape index (κ2) is 4.23. The number of primary amides is 1. The highest BCUT2D eigenvalue weighted by atomic mass is 16.2. The number of hydrogen-bond donors (Lipinski definition) is 3. The molecule has 0 radical (unpaired) electrons. The molecule has 0 aromatic heterocycles. The molecule has 100 valence electrons. The first kappa shape index (κ1) is 12.0. The molecular formula is C13H21N3O2. The van der Waals surface area contributed by atoms with Crippen LogP contribution >= 0.6 is 0 Å². The summed E-state index contributed by atoms with van der Waals surface area (Å²) < 4.78 is 0. The number of carbonyl (C=O) groups is 2. The quantitative estimate of drug-likeness (QED) is 0.608. The summed E-state index contributed by atoms with van der Waals surface area (Å²) in [6.45, 7) is 0.605. The van der Waals surface area contributed by atoms with Gasteiger partial charge < -0.3 is 16.4 Å². The van der Waals surface area contributed by atoms with E-state index >= 15 is 0 Å². The van der Waals surface area contributed by atoms with Gasteiger partial charge in [-0.3, -0.25) is 9.59 Å². The highest BCUT2D eigenvalue weighted by molar-refractivity contribution is 5.89. The van der Waals surface area contributed by atoms with Gasteiger partial charge in [0.25, 0.3) is 0 Å². The summed E-state index contributed by atoms with van der Waals surface area (Å²) in [6.07, 6.45) is 6.40. The molecule has 0 bridgehead atoms. The summed E-state index contributed by atoms with van der Waals surface area (Å²) in [4.78, 5) is 23.6. The third kappa shape index (κ3) is 1.64. The lowest BCUT2D eigenvalue weighted by Gasteiger charge is -2.28. The minimum absolute atomic E-state index is 0.135. The molecule has 2 amide bonds. The Kier molecular flexibility index (Phi) is 2.81. The second-order valence-corrected chi connectivity index (χ2v) is 6.02. The highest BCUT2D eigenvalue weighted by Gasteiger charge is 2.58. The Balaban J connectivity index is 1.86. The van der Waals surface area contributed by atoms with E-state index in [-0.39, 0.29) is 23.3 Å². The lowest BCUT2D eigenvalue weighted by molar-refractivity contribution is -0.128. The Bertz CT molecular complexity index is 384. The van der Waals surface area contributed by atoms with Crippen molar-refractivity contribution in [1.29, 1.82) is 0 Å². The maximum absolute atomic E-state index is 12.3. The molecule has 2 aliphatic heterocycles. The molecule has 0 aromatic rings. The number of carbonyl (C=O) groups excluding carboxylic acids is 2. The summed E-state index contributed by atoms with van der Waals surface area (Å²) >= 11 is 0. The van der Waals surface area contributed by atoms with Gasteiger partial charge in [0.2, 0.25) is 11.8 Å². The van der Waals surface area contributed by atoms with Crippen LogP contribution in [0.25, 0.3) is 0 Å². The lowest BCUT2D eigenvalue weighted by Crippen LogP contribution is -2.37. The molecule has 2 heterocycles. The molecule has 5 heteroatoms. The maximum Gasteiger partial charge on any atom is 0.234 e. The van der Waals surface area contributed by atoms with Crippen LogP contribution in [0.15, 0.2) is 0 Å². The minimum atomic E-state index is -0.380. The SMILES string of the molecule is NC(=O)C1CC2(CN1)C(=O)NC1CCCCCC12. The van der Waals surface area contributed by atoms with E-state index in [1.165, 1.54) is 19.3 Å². The Morgan fingerprint density at radius 2 is 2.06 bits per heavy atom. The van der Waals surface area contributed by atoms with Crippen molar-refractivity contribution in [2.24, 2.45) is 17.1 Å². The Morgan fingerprint density at radius 1 is 1.28 bits per heavy atom. The third-order valence-electron chi connectivity index (χ3n) is 5.07. The van der Waals surface area contributed by atoms with Gasteiger partial charge in [-0.05, 0) is 25.2 Å². The van der Waals surface area contributed by atoms with E-state index in [0.29, 0.717) is 24.9 Å². The summed E-state index contributed by atoms with van der Waals surface area (Å²) in [5.74, 6) is 0.178.